The van der Waals surface area contributed by atoms with Gasteiger partial charge in [-0.3, -0.25) is 19.2 Å². The summed E-state index contributed by atoms with van der Waals surface area (Å²) in [4.78, 5) is 66.8. The minimum Gasteiger partial charge on any atom is -0.481 e. The first-order chi connectivity index (χ1) is 16.5. The number of imidazole rings is 1. The lowest BCUT2D eigenvalue weighted by Crippen LogP contribution is -2.60. The monoisotopic (exact) mass is 499 g/mol. The first-order valence-electron chi connectivity index (χ1n) is 10.9. The summed E-state index contributed by atoms with van der Waals surface area (Å²) < 4.78 is 0. The van der Waals surface area contributed by atoms with Crippen molar-refractivity contribution in [2.45, 2.75) is 69.3 Å². The van der Waals surface area contributed by atoms with Crippen LogP contribution in [0.5, 0.6) is 0 Å². The summed E-state index contributed by atoms with van der Waals surface area (Å²) in [5.41, 5.74) is 11.8. The van der Waals surface area contributed by atoms with Gasteiger partial charge in [0.1, 0.15) is 18.1 Å². The number of H-pyrrole nitrogens is 1. The molecule has 0 bridgehead atoms. The van der Waals surface area contributed by atoms with Crippen molar-refractivity contribution in [3.63, 3.8) is 0 Å². The molecule has 1 aromatic heterocycles. The zero-order valence-electron chi connectivity index (χ0n) is 19.3. The van der Waals surface area contributed by atoms with Gasteiger partial charge in [-0.05, 0) is 26.3 Å². The van der Waals surface area contributed by atoms with Crippen molar-refractivity contribution in [1.82, 2.24) is 25.9 Å². The SMILES string of the molecule is CC(O)C(NC(=O)C(Cc1cnc[nH]1)NC(=O)C(N)CCCCN)C(=O)NC(CC(=O)O)C(=O)O. The van der Waals surface area contributed by atoms with E-state index in [1.807, 2.05) is 5.32 Å². The van der Waals surface area contributed by atoms with Crippen molar-refractivity contribution < 1.29 is 39.3 Å². The molecule has 0 aromatic carbocycles. The molecule has 15 nitrogen and oxygen atoms in total. The molecule has 5 unspecified atom stereocenters. The van der Waals surface area contributed by atoms with Crippen LogP contribution >= 0.6 is 0 Å². The second-order valence-corrected chi connectivity index (χ2v) is 7.96. The number of aromatic nitrogens is 2. The van der Waals surface area contributed by atoms with E-state index >= 15 is 0 Å². The molecule has 0 fully saturated rings. The summed E-state index contributed by atoms with van der Waals surface area (Å²) in [6.07, 6.45) is 1.94. The molecule has 196 valence electrons. The van der Waals surface area contributed by atoms with E-state index in [4.69, 9.17) is 21.7 Å². The lowest BCUT2D eigenvalue weighted by molar-refractivity contribution is -0.148. The molecule has 0 saturated carbocycles. The van der Waals surface area contributed by atoms with E-state index in [0.29, 0.717) is 31.5 Å². The van der Waals surface area contributed by atoms with Crippen molar-refractivity contribution in [3.8, 4) is 0 Å². The summed E-state index contributed by atoms with van der Waals surface area (Å²) in [5.74, 6) is -5.68. The molecule has 3 amide bonds. The Hall–Kier alpha value is -3.56. The van der Waals surface area contributed by atoms with Gasteiger partial charge in [0, 0.05) is 18.3 Å². The van der Waals surface area contributed by atoms with Gasteiger partial charge in [-0.2, -0.15) is 0 Å². The Morgan fingerprint density at radius 3 is 2.20 bits per heavy atom. The summed E-state index contributed by atoms with van der Waals surface area (Å²) in [7, 11) is 0. The number of aliphatic carboxylic acids is 2. The fraction of sp³-hybridized carbons (Fsp3) is 0.600. The van der Waals surface area contributed by atoms with Crippen LogP contribution in [0.25, 0.3) is 0 Å². The fourth-order valence-corrected chi connectivity index (χ4v) is 3.04. The maximum Gasteiger partial charge on any atom is 0.326 e. The third kappa shape index (κ3) is 10.5. The molecule has 15 heteroatoms. The Labute approximate surface area is 201 Å². The zero-order valence-corrected chi connectivity index (χ0v) is 19.3. The van der Waals surface area contributed by atoms with Gasteiger partial charge in [-0.25, -0.2) is 9.78 Å². The number of rotatable bonds is 16. The molecule has 5 atom stereocenters. The minimum atomic E-state index is -1.79. The van der Waals surface area contributed by atoms with Crippen LogP contribution in [0.3, 0.4) is 0 Å². The average Bonchev–Trinajstić information content (AvgIpc) is 3.28. The molecule has 1 rings (SSSR count). The summed E-state index contributed by atoms with van der Waals surface area (Å²) >= 11 is 0. The molecule has 11 N–H and O–H groups in total. The van der Waals surface area contributed by atoms with Gasteiger partial charge in [0.15, 0.2) is 0 Å². The van der Waals surface area contributed by atoms with Crippen LogP contribution in [0.2, 0.25) is 0 Å². The van der Waals surface area contributed by atoms with E-state index in [-0.39, 0.29) is 6.42 Å². The van der Waals surface area contributed by atoms with E-state index in [9.17, 15) is 29.1 Å². The Balaban J connectivity index is 2.98. The van der Waals surface area contributed by atoms with Crippen LogP contribution in [-0.2, 0) is 30.4 Å². The number of aliphatic hydroxyl groups is 1. The molecule has 0 aliphatic rings. The van der Waals surface area contributed by atoms with Gasteiger partial charge >= 0.3 is 11.9 Å². The van der Waals surface area contributed by atoms with Crippen LogP contribution in [-0.4, -0.2) is 91.8 Å². The van der Waals surface area contributed by atoms with Crippen LogP contribution < -0.4 is 27.4 Å². The Kier molecular flexibility index (Phi) is 12.3. The maximum absolute atomic E-state index is 13.0. The Morgan fingerprint density at radius 1 is 1.03 bits per heavy atom. The summed E-state index contributed by atoms with van der Waals surface area (Å²) in [5, 5.41) is 34.7. The first-order valence-corrected chi connectivity index (χ1v) is 10.9. The molecule has 35 heavy (non-hydrogen) atoms. The second kappa shape index (κ2) is 14.6. The van der Waals surface area contributed by atoms with E-state index in [1.54, 1.807) is 0 Å². The summed E-state index contributed by atoms with van der Waals surface area (Å²) in [6, 6.07) is -5.57. The number of nitrogens with two attached hydrogens (primary N) is 2. The number of aromatic amines is 1. The highest BCUT2D eigenvalue weighted by Crippen LogP contribution is 2.05. The Morgan fingerprint density at radius 2 is 1.69 bits per heavy atom. The first kappa shape index (κ1) is 29.5. The highest BCUT2D eigenvalue weighted by Gasteiger charge is 2.33. The van der Waals surface area contributed by atoms with E-state index < -0.39 is 66.4 Å². The molecule has 0 spiro atoms. The molecular weight excluding hydrogens is 466 g/mol. The van der Waals surface area contributed by atoms with Crippen molar-refractivity contribution in [1.29, 1.82) is 0 Å². The number of unbranched alkanes of at least 4 members (excludes halogenated alkanes) is 1. The number of amides is 3. The Bertz CT molecular complexity index is 862. The molecule has 0 aliphatic heterocycles. The van der Waals surface area contributed by atoms with E-state index in [1.165, 1.54) is 19.4 Å². The third-order valence-electron chi connectivity index (χ3n) is 4.97. The molecule has 0 saturated heterocycles. The lowest BCUT2D eigenvalue weighted by Gasteiger charge is -2.26. The van der Waals surface area contributed by atoms with Crippen molar-refractivity contribution in [2.75, 3.05) is 6.54 Å². The predicted molar refractivity (Wildman–Crippen MR) is 121 cm³/mol. The third-order valence-corrected chi connectivity index (χ3v) is 4.97. The number of hydrogen-bond acceptors (Lipinski definition) is 9. The molecule has 0 radical (unpaired) electrons. The fourth-order valence-electron chi connectivity index (χ4n) is 3.04. The van der Waals surface area contributed by atoms with Crippen LogP contribution in [0.4, 0.5) is 0 Å². The molecular formula is C20H33N7O8. The molecule has 1 aromatic rings. The van der Waals surface area contributed by atoms with Gasteiger partial charge in [0.05, 0.1) is 24.9 Å². The average molecular weight is 500 g/mol. The standard InChI is InChI=1S/C20H33N7O8/c1-10(28)16(19(33)26-14(20(34)35)7-15(29)30)27-18(32)13(6-11-8-23-9-24-11)25-17(31)12(22)4-2-3-5-21/h8-10,12-14,16,28H,2-7,21-22H2,1H3,(H,23,24)(H,25,31)(H,26,33)(H,27,32)(H,29,30)(H,34,35). The smallest absolute Gasteiger partial charge is 0.326 e. The van der Waals surface area contributed by atoms with Crippen molar-refractivity contribution >= 4 is 29.7 Å². The largest absolute Gasteiger partial charge is 0.481 e. The topological polar surface area (TPSA) is 263 Å². The van der Waals surface area contributed by atoms with Gasteiger partial charge in [-0.15, -0.1) is 0 Å². The number of carbonyl (C=O) groups is 5. The lowest BCUT2D eigenvalue weighted by atomic mass is 10.1. The number of nitrogens with zero attached hydrogens (tertiary/aromatic N) is 1. The molecule has 1 heterocycles. The number of carbonyl (C=O) groups excluding carboxylic acids is 3. The predicted octanol–water partition coefficient (Wildman–Crippen LogP) is -3.20. The van der Waals surface area contributed by atoms with E-state index in [0.717, 1.165) is 0 Å². The number of carboxylic acids is 2. The quantitative estimate of drug-likeness (QED) is 0.102. The maximum atomic E-state index is 13.0. The van der Waals surface area contributed by atoms with Crippen LogP contribution in [0.1, 0.15) is 38.3 Å². The minimum absolute atomic E-state index is 0.0575. The van der Waals surface area contributed by atoms with Crippen LogP contribution in [0.15, 0.2) is 12.5 Å². The van der Waals surface area contributed by atoms with Gasteiger partial charge in [0.25, 0.3) is 0 Å². The normalized spacial score (nSPS) is 15.2. The highest BCUT2D eigenvalue weighted by molar-refractivity contribution is 5.95. The van der Waals surface area contributed by atoms with Crippen molar-refractivity contribution in [2.24, 2.45) is 11.5 Å². The van der Waals surface area contributed by atoms with Gasteiger partial charge < -0.3 is 47.7 Å². The van der Waals surface area contributed by atoms with Crippen LogP contribution in [0, 0.1) is 0 Å². The zero-order chi connectivity index (χ0) is 26.5. The molecule has 0 aliphatic carbocycles. The number of hydrogen-bond donors (Lipinski definition) is 9. The number of aliphatic hydroxyl groups excluding tert-OH is 1. The van der Waals surface area contributed by atoms with Crippen molar-refractivity contribution in [3.05, 3.63) is 18.2 Å². The highest BCUT2D eigenvalue weighted by atomic mass is 16.4. The second-order valence-electron chi connectivity index (χ2n) is 7.96. The van der Waals surface area contributed by atoms with E-state index in [2.05, 4.69) is 20.6 Å². The van der Waals surface area contributed by atoms with Gasteiger partial charge in [0.2, 0.25) is 17.7 Å². The number of carboxylic acid groups (broad SMARTS) is 2. The summed E-state index contributed by atoms with van der Waals surface area (Å²) in [6.45, 7) is 1.62. The number of nitrogens with one attached hydrogen (secondary N) is 4. The van der Waals surface area contributed by atoms with Gasteiger partial charge in [-0.1, -0.05) is 6.42 Å².